The van der Waals surface area contributed by atoms with Crippen molar-refractivity contribution in [2.45, 2.75) is 77.3 Å². The first-order chi connectivity index (χ1) is 7.74. The Bertz CT molecular complexity index is 171. The number of hydrogen-bond donors (Lipinski definition) is 1. The average molecular weight is 230 g/mol. The molecule has 0 aromatic heterocycles. The van der Waals surface area contributed by atoms with E-state index in [1.54, 1.807) is 6.92 Å². The molecule has 0 bridgehead atoms. The molecule has 0 amide bonds. The molecule has 0 saturated carbocycles. The molecule has 16 heavy (non-hydrogen) atoms. The molecule has 0 aliphatic carbocycles. The van der Waals surface area contributed by atoms with Gasteiger partial charge in [-0.05, 0) is 13.3 Å². The van der Waals surface area contributed by atoms with Crippen molar-refractivity contribution in [1.82, 2.24) is 0 Å². The number of unbranched alkanes of at least 4 members (excludes halogenated alkanes) is 5. The van der Waals surface area contributed by atoms with E-state index in [0.717, 1.165) is 13.0 Å². The molecule has 0 radical (unpaired) electrons. The lowest BCUT2D eigenvalue weighted by atomic mass is 10.1. The zero-order valence-corrected chi connectivity index (χ0v) is 10.7. The van der Waals surface area contributed by atoms with Crippen LogP contribution in [0.4, 0.5) is 0 Å². The van der Waals surface area contributed by atoms with Crippen LogP contribution in [0.3, 0.4) is 0 Å². The van der Waals surface area contributed by atoms with Crippen molar-refractivity contribution in [2.75, 3.05) is 6.61 Å². The Balaban J connectivity index is 1.79. The van der Waals surface area contributed by atoms with Gasteiger partial charge in [0.2, 0.25) is 0 Å². The maximum Gasteiger partial charge on any atom is 0.184 e. The second kappa shape index (κ2) is 8.04. The Hall–Kier alpha value is -0.120. The van der Waals surface area contributed by atoms with Crippen molar-refractivity contribution in [3.05, 3.63) is 0 Å². The van der Waals surface area contributed by atoms with Crippen LogP contribution in [0.15, 0.2) is 0 Å². The van der Waals surface area contributed by atoms with E-state index >= 15 is 0 Å². The van der Waals surface area contributed by atoms with E-state index in [1.165, 1.54) is 32.1 Å². The van der Waals surface area contributed by atoms with Crippen molar-refractivity contribution < 1.29 is 14.6 Å². The lowest BCUT2D eigenvalue weighted by Crippen LogP contribution is -2.08. The highest BCUT2D eigenvalue weighted by Crippen LogP contribution is 2.27. The Morgan fingerprint density at radius 3 is 2.56 bits per heavy atom. The summed E-state index contributed by atoms with van der Waals surface area (Å²) >= 11 is 0. The van der Waals surface area contributed by atoms with Crippen LogP contribution < -0.4 is 0 Å². The molecule has 3 nitrogen and oxygen atoms in total. The minimum absolute atomic E-state index is 0.0368. The first-order valence-corrected chi connectivity index (χ1v) is 6.69. The minimum Gasteiger partial charge on any atom is -0.393 e. The predicted octanol–water partition coefficient (Wildman–Crippen LogP) is 2.86. The highest BCUT2D eigenvalue weighted by Gasteiger charge is 2.40. The standard InChI is InChI=1S/C13H26O3/c1-3-4-5-6-7-8-9-15-13-12(16-13)10-11(2)14/h11-14H,3-10H2,1-2H3. The monoisotopic (exact) mass is 230 g/mol. The fraction of sp³-hybridized carbons (Fsp3) is 1.00. The molecule has 1 aliphatic heterocycles. The number of hydrogen-bond acceptors (Lipinski definition) is 3. The molecule has 0 aromatic carbocycles. The summed E-state index contributed by atoms with van der Waals surface area (Å²) in [5, 5.41) is 9.14. The third kappa shape index (κ3) is 6.46. The maximum atomic E-state index is 9.14. The molecule has 1 N–H and O–H groups in total. The van der Waals surface area contributed by atoms with Gasteiger partial charge in [0.05, 0.1) is 6.10 Å². The Morgan fingerprint density at radius 1 is 1.19 bits per heavy atom. The summed E-state index contributed by atoms with van der Waals surface area (Å²) in [6, 6.07) is 0. The summed E-state index contributed by atoms with van der Waals surface area (Å²) in [5.41, 5.74) is 0. The third-order valence-corrected chi connectivity index (χ3v) is 2.89. The molecule has 1 rings (SSSR count). The fourth-order valence-electron chi connectivity index (χ4n) is 1.86. The Kier molecular flexibility index (Phi) is 7.01. The van der Waals surface area contributed by atoms with Gasteiger partial charge in [-0.3, -0.25) is 0 Å². The van der Waals surface area contributed by atoms with E-state index in [0.29, 0.717) is 6.42 Å². The molecule has 3 unspecified atom stereocenters. The SMILES string of the molecule is CCCCCCCCOC1OC1CC(C)O. The molecule has 0 aromatic rings. The summed E-state index contributed by atoms with van der Waals surface area (Å²) in [6.07, 6.45) is 8.22. The zero-order valence-electron chi connectivity index (χ0n) is 10.7. The molecule has 3 atom stereocenters. The van der Waals surface area contributed by atoms with Crippen LogP contribution in [0, 0.1) is 0 Å². The molecule has 3 heteroatoms. The number of rotatable bonds is 10. The van der Waals surface area contributed by atoms with Gasteiger partial charge in [-0.2, -0.15) is 0 Å². The number of aliphatic hydroxyl groups is 1. The van der Waals surface area contributed by atoms with Gasteiger partial charge < -0.3 is 14.6 Å². The van der Waals surface area contributed by atoms with Gasteiger partial charge in [0, 0.05) is 13.0 Å². The van der Waals surface area contributed by atoms with Gasteiger partial charge in [-0.25, -0.2) is 0 Å². The normalized spacial score (nSPS) is 25.7. The van der Waals surface area contributed by atoms with Gasteiger partial charge >= 0.3 is 0 Å². The van der Waals surface area contributed by atoms with Gasteiger partial charge in [0.25, 0.3) is 0 Å². The van der Waals surface area contributed by atoms with Crippen LogP contribution in [-0.4, -0.2) is 30.2 Å². The van der Waals surface area contributed by atoms with Crippen LogP contribution in [0.5, 0.6) is 0 Å². The maximum absolute atomic E-state index is 9.14. The molecule has 1 aliphatic rings. The lowest BCUT2D eigenvalue weighted by molar-refractivity contribution is 0.0477. The fourth-order valence-corrected chi connectivity index (χ4v) is 1.86. The quantitative estimate of drug-likeness (QED) is 0.463. The Morgan fingerprint density at radius 2 is 1.88 bits per heavy atom. The van der Waals surface area contributed by atoms with Crippen LogP contribution in [0.25, 0.3) is 0 Å². The van der Waals surface area contributed by atoms with Crippen LogP contribution in [-0.2, 0) is 9.47 Å². The van der Waals surface area contributed by atoms with E-state index in [4.69, 9.17) is 14.6 Å². The number of ether oxygens (including phenoxy) is 2. The number of aliphatic hydroxyl groups excluding tert-OH is 1. The predicted molar refractivity (Wildman–Crippen MR) is 64.3 cm³/mol. The van der Waals surface area contributed by atoms with Crippen molar-refractivity contribution >= 4 is 0 Å². The van der Waals surface area contributed by atoms with Crippen LogP contribution in [0.2, 0.25) is 0 Å². The molecule has 1 saturated heterocycles. The molecular formula is C13H26O3. The zero-order chi connectivity index (χ0) is 11.8. The summed E-state index contributed by atoms with van der Waals surface area (Å²) in [6.45, 7) is 4.81. The van der Waals surface area contributed by atoms with E-state index in [2.05, 4.69) is 6.92 Å². The van der Waals surface area contributed by atoms with Gasteiger partial charge in [0.1, 0.15) is 6.10 Å². The van der Waals surface area contributed by atoms with E-state index in [-0.39, 0.29) is 18.5 Å². The molecule has 1 fully saturated rings. The second-order valence-electron chi connectivity index (χ2n) is 4.77. The van der Waals surface area contributed by atoms with Gasteiger partial charge in [-0.15, -0.1) is 0 Å². The lowest BCUT2D eigenvalue weighted by Gasteiger charge is -2.02. The van der Waals surface area contributed by atoms with E-state index < -0.39 is 0 Å². The third-order valence-electron chi connectivity index (χ3n) is 2.89. The second-order valence-corrected chi connectivity index (χ2v) is 4.77. The summed E-state index contributed by atoms with van der Waals surface area (Å²) < 4.78 is 10.8. The van der Waals surface area contributed by atoms with Crippen molar-refractivity contribution in [3.63, 3.8) is 0 Å². The molecule has 0 spiro atoms. The first kappa shape index (κ1) is 13.9. The summed E-state index contributed by atoms with van der Waals surface area (Å²) in [4.78, 5) is 0. The topological polar surface area (TPSA) is 42.0 Å². The van der Waals surface area contributed by atoms with Crippen LogP contribution in [0.1, 0.15) is 58.8 Å². The minimum atomic E-state index is -0.285. The van der Waals surface area contributed by atoms with Crippen molar-refractivity contribution in [1.29, 1.82) is 0 Å². The van der Waals surface area contributed by atoms with Gasteiger partial charge in [-0.1, -0.05) is 39.0 Å². The number of epoxide rings is 1. The van der Waals surface area contributed by atoms with Gasteiger partial charge in [0.15, 0.2) is 6.29 Å². The summed E-state index contributed by atoms with van der Waals surface area (Å²) in [7, 11) is 0. The first-order valence-electron chi connectivity index (χ1n) is 6.69. The largest absolute Gasteiger partial charge is 0.393 e. The molecular weight excluding hydrogens is 204 g/mol. The van der Waals surface area contributed by atoms with Crippen molar-refractivity contribution in [3.8, 4) is 0 Å². The van der Waals surface area contributed by atoms with E-state index in [9.17, 15) is 0 Å². The molecule has 96 valence electrons. The van der Waals surface area contributed by atoms with Crippen LogP contribution >= 0.6 is 0 Å². The smallest absolute Gasteiger partial charge is 0.184 e. The van der Waals surface area contributed by atoms with E-state index in [1.807, 2.05) is 0 Å². The highest BCUT2D eigenvalue weighted by molar-refractivity contribution is 4.78. The summed E-state index contributed by atoms with van der Waals surface area (Å²) in [5.74, 6) is 0. The van der Waals surface area contributed by atoms with Crippen molar-refractivity contribution in [2.24, 2.45) is 0 Å². The highest BCUT2D eigenvalue weighted by atomic mass is 16.8. The average Bonchev–Trinajstić information content (AvgIpc) is 2.94. The molecule has 1 heterocycles. The Labute approximate surface area is 99.1 Å².